The van der Waals surface area contributed by atoms with Crippen molar-refractivity contribution in [3.63, 3.8) is 0 Å². The van der Waals surface area contributed by atoms with Gasteiger partial charge in [-0.05, 0) is 50.9 Å². The zero-order valence-corrected chi connectivity index (χ0v) is 12.6. The van der Waals surface area contributed by atoms with Crippen molar-refractivity contribution in [1.82, 2.24) is 9.88 Å². The Bertz CT molecular complexity index is 403. The van der Waals surface area contributed by atoms with Crippen molar-refractivity contribution in [3.8, 4) is 0 Å². The lowest BCUT2D eigenvalue weighted by atomic mass is 9.94. The number of hydrogen-bond donors (Lipinski definition) is 1. The topological polar surface area (TPSA) is 28.2 Å². The maximum absolute atomic E-state index is 4.64. The van der Waals surface area contributed by atoms with Crippen LogP contribution in [0.5, 0.6) is 0 Å². The summed E-state index contributed by atoms with van der Waals surface area (Å²) in [4.78, 5) is 7.31. The minimum atomic E-state index is 0.582. The lowest BCUT2D eigenvalue weighted by molar-refractivity contribution is 0.146. The number of hydrogen-bond acceptors (Lipinski definition) is 3. The molecule has 2 rings (SSSR count). The molecule has 1 N–H and O–H groups in total. The van der Waals surface area contributed by atoms with Crippen molar-refractivity contribution in [2.24, 2.45) is 0 Å². The molecule has 1 fully saturated rings. The molecule has 3 nitrogen and oxygen atoms in total. The Morgan fingerprint density at radius 3 is 2.89 bits per heavy atom. The Kier molecular flexibility index (Phi) is 5.20. The van der Waals surface area contributed by atoms with Gasteiger partial charge in [-0.3, -0.25) is 4.90 Å². The van der Waals surface area contributed by atoms with Gasteiger partial charge < -0.3 is 5.32 Å². The number of nitrogens with one attached hydrogen (secondary N) is 1. The van der Waals surface area contributed by atoms with Crippen molar-refractivity contribution in [3.05, 3.63) is 23.4 Å². The van der Waals surface area contributed by atoms with E-state index in [1.807, 2.05) is 7.05 Å². The second-order valence-corrected chi connectivity index (χ2v) is 5.52. The fraction of sp³-hybridized carbons (Fsp3) is 0.688. The molecular weight excluding hydrogens is 234 g/mol. The van der Waals surface area contributed by atoms with Gasteiger partial charge in [0, 0.05) is 18.8 Å². The number of rotatable bonds is 5. The van der Waals surface area contributed by atoms with Gasteiger partial charge in [0.15, 0.2) is 0 Å². The van der Waals surface area contributed by atoms with Gasteiger partial charge in [-0.1, -0.05) is 25.8 Å². The van der Waals surface area contributed by atoms with Crippen LogP contribution in [0.3, 0.4) is 0 Å². The third-order valence-electron chi connectivity index (χ3n) is 4.15. The van der Waals surface area contributed by atoms with Gasteiger partial charge in [-0.15, -0.1) is 0 Å². The molecule has 0 amide bonds. The predicted octanol–water partition coefficient (Wildman–Crippen LogP) is 3.76. The van der Waals surface area contributed by atoms with E-state index in [4.69, 9.17) is 0 Å². The van der Waals surface area contributed by atoms with Gasteiger partial charge in [0.05, 0.1) is 0 Å². The first-order valence-corrected chi connectivity index (χ1v) is 7.65. The summed E-state index contributed by atoms with van der Waals surface area (Å²) in [6, 6.07) is 4.96. The van der Waals surface area contributed by atoms with Crippen LogP contribution in [0.25, 0.3) is 0 Å². The molecule has 0 unspecified atom stereocenters. The lowest BCUT2D eigenvalue weighted by Gasteiger charge is -2.36. The zero-order valence-electron chi connectivity index (χ0n) is 12.6. The number of pyridine rings is 1. The van der Waals surface area contributed by atoms with Gasteiger partial charge in [-0.25, -0.2) is 4.98 Å². The van der Waals surface area contributed by atoms with Crippen LogP contribution in [0, 0.1) is 6.92 Å². The van der Waals surface area contributed by atoms with Crippen LogP contribution in [-0.4, -0.2) is 30.0 Å². The highest BCUT2D eigenvalue weighted by atomic mass is 15.2. The van der Waals surface area contributed by atoms with E-state index in [1.165, 1.54) is 56.5 Å². The second kappa shape index (κ2) is 6.90. The molecule has 1 aliphatic rings. The molecule has 1 aromatic rings. The molecule has 3 heteroatoms. The van der Waals surface area contributed by atoms with Gasteiger partial charge in [0.25, 0.3) is 0 Å². The lowest BCUT2D eigenvalue weighted by Crippen LogP contribution is -2.34. The van der Waals surface area contributed by atoms with Gasteiger partial charge >= 0.3 is 0 Å². The molecule has 0 radical (unpaired) electrons. The summed E-state index contributed by atoms with van der Waals surface area (Å²) in [7, 11) is 1.93. The average molecular weight is 261 g/mol. The van der Waals surface area contributed by atoms with Crippen LogP contribution in [0.2, 0.25) is 0 Å². The number of aromatic nitrogens is 1. The maximum Gasteiger partial charge on any atom is 0.125 e. The van der Waals surface area contributed by atoms with Crippen LogP contribution in [0.1, 0.15) is 56.3 Å². The maximum atomic E-state index is 4.64. The van der Waals surface area contributed by atoms with Crippen molar-refractivity contribution >= 4 is 5.82 Å². The molecule has 19 heavy (non-hydrogen) atoms. The number of piperidine rings is 1. The molecule has 1 aromatic heterocycles. The van der Waals surface area contributed by atoms with Crippen LogP contribution < -0.4 is 5.32 Å². The zero-order chi connectivity index (χ0) is 13.7. The molecule has 0 saturated carbocycles. The third kappa shape index (κ3) is 3.47. The molecule has 0 bridgehead atoms. The van der Waals surface area contributed by atoms with E-state index < -0.39 is 0 Å². The van der Waals surface area contributed by atoms with Gasteiger partial charge in [0.2, 0.25) is 0 Å². The number of unbranched alkanes of at least 4 members (excludes halogenated alkanes) is 1. The highest BCUT2D eigenvalue weighted by molar-refractivity contribution is 5.39. The Hall–Kier alpha value is -1.09. The van der Waals surface area contributed by atoms with Crippen molar-refractivity contribution in [2.45, 2.75) is 52.0 Å². The second-order valence-electron chi connectivity index (χ2n) is 5.52. The number of anilines is 1. The van der Waals surface area contributed by atoms with Gasteiger partial charge in [-0.2, -0.15) is 0 Å². The largest absolute Gasteiger partial charge is 0.373 e. The highest BCUT2D eigenvalue weighted by Gasteiger charge is 2.24. The first-order valence-electron chi connectivity index (χ1n) is 7.65. The summed E-state index contributed by atoms with van der Waals surface area (Å²) >= 11 is 0. The minimum absolute atomic E-state index is 0.582. The Morgan fingerprint density at radius 2 is 2.21 bits per heavy atom. The Labute approximate surface area is 117 Å². The fourth-order valence-corrected chi connectivity index (χ4v) is 3.04. The smallest absolute Gasteiger partial charge is 0.125 e. The highest BCUT2D eigenvalue weighted by Crippen LogP contribution is 2.32. The van der Waals surface area contributed by atoms with E-state index in [-0.39, 0.29) is 0 Å². The van der Waals surface area contributed by atoms with E-state index in [0.29, 0.717) is 6.04 Å². The molecule has 106 valence electrons. The summed E-state index contributed by atoms with van der Waals surface area (Å²) in [6.45, 7) is 6.89. The van der Waals surface area contributed by atoms with Crippen molar-refractivity contribution in [1.29, 1.82) is 0 Å². The minimum Gasteiger partial charge on any atom is -0.373 e. The molecule has 2 heterocycles. The molecule has 0 aromatic carbocycles. The summed E-state index contributed by atoms with van der Waals surface area (Å²) in [5, 5.41) is 3.12. The Balaban J connectivity index is 2.17. The predicted molar refractivity (Wildman–Crippen MR) is 81.6 cm³/mol. The quantitative estimate of drug-likeness (QED) is 0.874. The van der Waals surface area contributed by atoms with E-state index in [0.717, 1.165) is 5.82 Å². The molecule has 1 saturated heterocycles. The monoisotopic (exact) mass is 261 g/mol. The van der Waals surface area contributed by atoms with Crippen LogP contribution in [-0.2, 0) is 0 Å². The standard InChI is InChI=1S/C16H27N3/c1-4-5-11-19-12-7-6-8-15(19)14-9-10-16(17-3)18-13(14)2/h9-10,15H,4-8,11-12H2,1-3H3,(H,17,18)/t15-/m1/s1. The molecule has 1 atom stereocenters. The normalized spacial score (nSPS) is 20.5. The van der Waals surface area contributed by atoms with Crippen LogP contribution in [0.15, 0.2) is 12.1 Å². The summed E-state index contributed by atoms with van der Waals surface area (Å²) in [6.07, 6.45) is 6.56. The molecule has 0 aliphatic carbocycles. The number of aryl methyl sites for hydroxylation is 1. The molecule has 0 spiro atoms. The summed E-state index contributed by atoms with van der Waals surface area (Å²) < 4.78 is 0. The number of likely N-dealkylation sites (tertiary alicyclic amines) is 1. The van der Waals surface area contributed by atoms with Gasteiger partial charge in [0.1, 0.15) is 5.82 Å². The van der Waals surface area contributed by atoms with Crippen molar-refractivity contribution < 1.29 is 0 Å². The molecule has 1 aliphatic heterocycles. The van der Waals surface area contributed by atoms with E-state index in [2.05, 4.69) is 41.2 Å². The summed E-state index contributed by atoms with van der Waals surface area (Å²) in [5.74, 6) is 0.970. The first kappa shape index (κ1) is 14.3. The summed E-state index contributed by atoms with van der Waals surface area (Å²) in [5.41, 5.74) is 2.61. The Morgan fingerprint density at radius 1 is 1.37 bits per heavy atom. The van der Waals surface area contributed by atoms with E-state index >= 15 is 0 Å². The average Bonchev–Trinajstić information content (AvgIpc) is 2.45. The van der Waals surface area contributed by atoms with E-state index in [9.17, 15) is 0 Å². The van der Waals surface area contributed by atoms with E-state index in [1.54, 1.807) is 0 Å². The van der Waals surface area contributed by atoms with Crippen LogP contribution in [0.4, 0.5) is 5.82 Å². The van der Waals surface area contributed by atoms with Crippen molar-refractivity contribution in [2.75, 3.05) is 25.5 Å². The SMILES string of the molecule is CCCCN1CCCC[C@@H]1c1ccc(NC)nc1C. The molecular formula is C16H27N3. The fourth-order valence-electron chi connectivity index (χ4n) is 3.04. The number of nitrogens with zero attached hydrogens (tertiary/aromatic N) is 2. The third-order valence-corrected chi connectivity index (χ3v) is 4.15. The first-order chi connectivity index (χ1) is 9.26. The van der Waals surface area contributed by atoms with Crippen LogP contribution >= 0.6 is 0 Å².